The molecular formula is C25H57NO4Si4. The molecule has 5 nitrogen and oxygen atoms in total. The molecule has 1 N–H and O–H groups in total. The smallest absolute Gasteiger partial charge is 0.415 e. The lowest BCUT2D eigenvalue weighted by Gasteiger charge is -2.54. The maximum atomic E-state index is 12.9. The summed E-state index contributed by atoms with van der Waals surface area (Å²) in [6.45, 7) is 41.4. The van der Waals surface area contributed by atoms with E-state index in [-0.39, 0.29) is 26.7 Å². The second kappa shape index (κ2) is 10.7. The predicted octanol–water partition coefficient (Wildman–Crippen LogP) is 8.00. The van der Waals surface area contributed by atoms with Gasteiger partial charge in [-0.3, -0.25) is 4.79 Å². The summed E-state index contributed by atoms with van der Waals surface area (Å²) in [6.07, 6.45) is 0.670. The Kier molecular flexibility index (Phi) is 10.7. The summed E-state index contributed by atoms with van der Waals surface area (Å²) in [5, 5.41) is 3.15. The average molecular weight is 548 g/mol. The van der Waals surface area contributed by atoms with E-state index in [2.05, 4.69) is 120 Å². The van der Waals surface area contributed by atoms with Gasteiger partial charge < -0.3 is 17.7 Å². The van der Waals surface area contributed by atoms with Crippen molar-refractivity contribution in [3.05, 3.63) is 12.2 Å². The molecule has 0 radical (unpaired) electrons. The molecule has 0 saturated heterocycles. The van der Waals surface area contributed by atoms with Gasteiger partial charge in [-0.2, -0.15) is 0 Å². The van der Waals surface area contributed by atoms with Crippen molar-refractivity contribution in [3.63, 3.8) is 0 Å². The number of hydrogen-bond donors (Lipinski definition) is 1. The van der Waals surface area contributed by atoms with Gasteiger partial charge in [-0.25, -0.2) is 0 Å². The Labute approximate surface area is 216 Å². The van der Waals surface area contributed by atoms with E-state index < -0.39 is 33.8 Å². The second-order valence-corrected chi connectivity index (χ2v) is 32.3. The predicted molar refractivity (Wildman–Crippen MR) is 158 cm³/mol. The molecule has 1 amide bonds. The molecule has 0 heterocycles. The minimum absolute atomic E-state index is 0.0323. The van der Waals surface area contributed by atoms with Crippen molar-refractivity contribution in [3.8, 4) is 0 Å². The summed E-state index contributed by atoms with van der Waals surface area (Å²) >= 11 is 0. The van der Waals surface area contributed by atoms with Crippen molar-refractivity contribution in [2.24, 2.45) is 0 Å². The van der Waals surface area contributed by atoms with Gasteiger partial charge in [-0.1, -0.05) is 75.8 Å². The number of nitrogens with one attached hydrogen (secondary N) is 1. The van der Waals surface area contributed by atoms with Crippen LogP contribution in [-0.4, -0.2) is 45.3 Å². The van der Waals surface area contributed by atoms with Crippen LogP contribution in [0.4, 0.5) is 0 Å². The van der Waals surface area contributed by atoms with Crippen molar-refractivity contribution >= 4 is 39.7 Å². The average Bonchev–Trinajstić information content (AvgIpc) is 2.54. The number of carbonyl (C=O) groups excluding carboxylic acids is 1. The highest BCUT2D eigenvalue weighted by Crippen LogP contribution is 2.47. The van der Waals surface area contributed by atoms with Gasteiger partial charge in [0, 0.05) is 5.57 Å². The third-order valence-electron chi connectivity index (χ3n) is 8.14. The first-order valence-electron chi connectivity index (χ1n) is 12.7. The van der Waals surface area contributed by atoms with E-state index in [4.69, 9.17) is 12.3 Å². The lowest BCUT2D eigenvalue weighted by atomic mass is 10.2. The molecule has 0 fully saturated rings. The molecule has 0 rings (SSSR count). The van der Waals surface area contributed by atoms with Gasteiger partial charge >= 0.3 is 8.80 Å². The Balaban J connectivity index is 7.25. The Morgan fingerprint density at radius 1 is 0.735 bits per heavy atom. The summed E-state index contributed by atoms with van der Waals surface area (Å²) in [5.41, 5.74) is 0.141. The second-order valence-electron chi connectivity index (χ2n) is 14.4. The van der Waals surface area contributed by atoms with Gasteiger partial charge in [0.2, 0.25) is 5.91 Å². The molecule has 0 aliphatic carbocycles. The molecule has 34 heavy (non-hydrogen) atoms. The highest BCUT2D eigenvalue weighted by Gasteiger charge is 2.62. The first-order valence-corrected chi connectivity index (χ1v) is 23.3. The van der Waals surface area contributed by atoms with Gasteiger partial charge in [0.15, 0.2) is 25.0 Å². The van der Waals surface area contributed by atoms with Gasteiger partial charge in [0.1, 0.15) is 0 Å². The Hall–Kier alpha value is -0.0425. The molecule has 0 aromatic heterocycles. The van der Waals surface area contributed by atoms with Crippen LogP contribution in [0.2, 0.25) is 54.4 Å². The Morgan fingerprint density at radius 3 is 1.18 bits per heavy atom. The number of hydrogen-bond acceptors (Lipinski definition) is 4. The molecule has 9 heteroatoms. The fraction of sp³-hybridized carbons (Fsp3) is 0.880. The van der Waals surface area contributed by atoms with Crippen LogP contribution in [0, 0.1) is 0 Å². The molecule has 0 spiro atoms. The van der Waals surface area contributed by atoms with Crippen LogP contribution in [0.15, 0.2) is 12.2 Å². The number of carbonyl (C=O) groups is 1. The highest BCUT2D eigenvalue weighted by molar-refractivity contribution is 6.93. The topological polar surface area (TPSA) is 56.8 Å². The Morgan fingerprint density at radius 2 is 1.00 bits per heavy atom. The van der Waals surface area contributed by atoms with E-state index in [9.17, 15) is 4.79 Å². The molecule has 202 valence electrons. The van der Waals surface area contributed by atoms with Crippen LogP contribution in [0.3, 0.4) is 0 Å². The van der Waals surface area contributed by atoms with E-state index in [0.717, 1.165) is 0 Å². The van der Waals surface area contributed by atoms with Gasteiger partial charge in [0.25, 0.3) is 0 Å². The van der Waals surface area contributed by atoms with Crippen molar-refractivity contribution in [1.29, 1.82) is 0 Å². The van der Waals surface area contributed by atoms with E-state index in [1.807, 2.05) is 0 Å². The summed E-state index contributed by atoms with van der Waals surface area (Å²) in [5.74, 6) is -0.166. The largest absolute Gasteiger partial charge is 0.493 e. The third-order valence-corrected chi connectivity index (χ3v) is 29.9. The standard InChI is InChI=1S/C25H57NO4Si4/c1-19-21(26-22(27)20(2)3)34(28-31(13,14)23(4,5)6,29-32(15,16)24(7,8)9)30-33(17,18)25(10,11)12/h21H,2,19H2,1,3-18H3,(H,26,27). The fourth-order valence-electron chi connectivity index (χ4n) is 2.52. The molecule has 1 unspecified atom stereocenters. The van der Waals surface area contributed by atoms with Gasteiger partial charge in [-0.05, 0) is 67.7 Å². The summed E-state index contributed by atoms with van der Waals surface area (Å²) in [4.78, 5) is 12.9. The molecule has 0 bridgehead atoms. The number of amides is 1. The maximum Gasteiger partial charge on any atom is 0.493 e. The normalized spacial score (nSPS) is 15.8. The quantitative estimate of drug-likeness (QED) is 0.222. The zero-order chi connectivity index (χ0) is 27.8. The minimum atomic E-state index is -3.46. The van der Waals surface area contributed by atoms with Crippen LogP contribution < -0.4 is 5.32 Å². The van der Waals surface area contributed by atoms with E-state index in [1.165, 1.54) is 0 Å². The SMILES string of the molecule is C=C(C)C(=O)NC(CC)[Si](O[Si](C)(C)C(C)(C)C)(O[Si](C)(C)C(C)(C)C)O[Si](C)(C)C(C)(C)C. The van der Waals surface area contributed by atoms with Crippen molar-refractivity contribution in [2.75, 3.05) is 0 Å². The summed E-state index contributed by atoms with van der Waals surface area (Å²) in [6, 6.07) is 0. The fourth-order valence-corrected chi connectivity index (χ4v) is 18.9. The lowest BCUT2D eigenvalue weighted by Crippen LogP contribution is -2.73. The van der Waals surface area contributed by atoms with E-state index in [1.54, 1.807) is 6.92 Å². The van der Waals surface area contributed by atoms with Crippen LogP contribution in [0.5, 0.6) is 0 Å². The van der Waals surface area contributed by atoms with Crippen molar-refractivity contribution in [1.82, 2.24) is 5.32 Å². The maximum absolute atomic E-state index is 12.9. The van der Waals surface area contributed by atoms with Crippen molar-refractivity contribution < 1.29 is 17.1 Å². The molecule has 0 aromatic rings. The minimum Gasteiger partial charge on any atom is -0.415 e. The first kappa shape index (κ1) is 34.0. The zero-order valence-electron chi connectivity index (χ0n) is 25.6. The lowest BCUT2D eigenvalue weighted by molar-refractivity contribution is -0.118. The van der Waals surface area contributed by atoms with Gasteiger partial charge in [0.05, 0.1) is 5.67 Å². The highest BCUT2D eigenvalue weighted by atomic mass is 28.5. The number of rotatable bonds is 10. The van der Waals surface area contributed by atoms with Crippen LogP contribution in [-0.2, 0) is 17.1 Å². The Bertz CT molecular complexity index is 659. The van der Waals surface area contributed by atoms with E-state index in [0.29, 0.717) is 12.0 Å². The van der Waals surface area contributed by atoms with Crippen LogP contribution in [0.1, 0.15) is 82.6 Å². The van der Waals surface area contributed by atoms with Gasteiger partial charge in [-0.15, -0.1) is 0 Å². The molecule has 0 aliphatic rings. The molecule has 1 atom stereocenters. The summed E-state index contributed by atoms with van der Waals surface area (Å²) in [7, 11) is -10.5. The zero-order valence-corrected chi connectivity index (χ0v) is 29.6. The molecule has 0 saturated carbocycles. The van der Waals surface area contributed by atoms with E-state index >= 15 is 0 Å². The third kappa shape index (κ3) is 8.24. The molecule has 0 aliphatic heterocycles. The summed E-state index contributed by atoms with van der Waals surface area (Å²) < 4.78 is 22.0. The van der Waals surface area contributed by atoms with Crippen LogP contribution >= 0.6 is 0 Å². The van der Waals surface area contributed by atoms with Crippen molar-refractivity contribution in [2.45, 2.75) is 143 Å². The first-order chi connectivity index (χ1) is 14.7. The van der Waals surface area contributed by atoms with Crippen LogP contribution in [0.25, 0.3) is 0 Å². The molecule has 0 aromatic carbocycles. The monoisotopic (exact) mass is 547 g/mol. The molecular weight excluding hydrogens is 491 g/mol.